The summed E-state index contributed by atoms with van der Waals surface area (Å²) in [5, 5.41) is 4.23. The minimum Gasteiger partial charge on any atom is -0.340 e. The Bertz CT molecular complexity index is 1110. The number of hydrogen-bond acceptors (Lipinski definition) is 6. The third kappa shape index (κ3) is 4.97. The van der Waals surface area contributed by atoms with Crippen molar-refractivity contribution in [2.45, 2.75) is 32.1 Å². The molecule has 0 unspecified atom stereocenters. The first-order chi connectivity index (χ1) is 15.2. The van der Waals surface area contributed by atoms with Gasteiger partial charge in [-0.05, 0) is 31.0 Å². The highest BCUT2D eigenvalue weighted by atomic mass is 35.5. The van der Waals surface area contributed by atoms with Crippen molar-refractivity contribution in [3.63, 3.8) is 0 Å². The summed E-state index contributed by atoms with van der Waals surface area (Å²) in [4.78, 5) is 31.1. The molecule has 172 valence electrons. The zero-order valence-electron chi connectivity index (χ0n) is 17.9. The molecule has 0 aliphatic carbocycles. The SMILES string of the molecule is Cc1ncc2n1C(=O)N(N1CCN(C(=O)CCCS(=O)(=O)Cc3ccc(Cl)cc3)CC1)C2. The monoisotopic (exact) mass is 479 g/mol. The Morgan fingerprint density at radius 3 is 2.47 bits per heavy atom. The molecule has 0 radical (unpaired) electrons. The summed E-state index contributed by atoms with van der Waals surface area (Å²) in [5.74, 6) is 0.534. The molecule has 1 fully saturated rings. The number of carbonyl (C=O) groups is 2. The van der Waals surface area contributed by atoms with Crippen LogP contribution >= 0.6 is 11.6 Å². The van der Waals surface area contributed by atoms with E-state index in [2.05, 4.69) is 4.98 Å². The number of nitrogens with zero attached hydrogens (tertiary/aromatic N) is 5. The molecule has 3 heterocycles. The summed E-state index contributed by atoms with van der Waals surface area (Å²) in [6.07, 6.45) is 2.20. The van der Waals surface area contributed by atoms with Crippen molar-refractivity contribution in [3.05, 3.63) is 52.6 Å². The standard InChI is InChI=1S/C21H26ClN5O4S/c1-16-23-13-19-14-26(21(29)27(16)19)25-10-8-24(9-11-25)20(28)3-2-12-32(30,31)15-17-4-6-18(22)7-5-17/h4-7,13H,2-3,8-12,14-15H2,1H3. The number of amides is 2. The Morgan fingerprint density at radius 2 is 1.81 bits per heavy atom. The van der Waals surface area contributed by atoms with Crippen molar-refractivity contribution in [1.29, 1.82) is 0 Å². The molecular weight excluding hydrogens is 454 g/mol. The van der Waals surface area contributed by atoms with E-state index in [-0.39, 0.29) is 29.9 Å². The number of aryl methyl sites for hydroxylation is 1. The smallest absolute Gasteiger partial charge is 0.340 e. The van der Waals surface area contributed by atoms with Crippen molar-refractivity contribution in [1.82, 2.24) is 24.5 Å². The average Bonchev–Trinajstić information content (AvgIpc) is 3.29. The van der Waals surface area contributed by atoms with Gasteiger partial charge in [0, 0.05) is 37.6 Å². The van der Waals surface area contributed by atoms with Gasteiger partial charge >= 0.3 is 6.03 Å². The van der Waals surface area contributed by atoms with Crippen molar-refractivity contribution in [2.75, 3.05) is 31.9 Å². The van der Waals surface area contributed by atoms with Crippen LogP contribution in [0.5, 0.6) is 0 Å². The van der Waals surface area contributed by atoms with E-state index in [1.807, 2.05) is 5.01 Å². The number of aromatic nitrogens is 2. The minimum absolute atomic E-state index is 0.0323. The van der Waals surface area contributed by atoms with Crippen LogP contribution in [0.2, 0.25) is 5.02 Å². The summed E-state index contributed by atoms with van der Waals surface area (Å²) < 4.78 is 26.3. The summed E-state index contributed by atoms with van der Waals surface area (Å²) >= 11 is 5.83. The van der Waals surface area contributed by atoms with Crippen LogP contribution in [0, 0.1) is 6.92 Å². The van der Waals surface area contributed by atoms with Crippen molar-refractivity contribution in [3.8, 4) is 0 Å². The first-order valence-electron chi connectivity index (χ1n) is 10.6. The number of carbonyl (C=O) groups excluding carboxylic acids is 2. The number of rotatable bonds is 7. The second-order valence-electron chi connectivity index (χ2n) is 8.13. The Labute approximate surface area is 192 Å². The molecule has 0 atom stereocenters. The highest BCUT2D eigenvalue weighted by Gasteiger charge is 2.35. The van der Waals surface area contributed by atoms with Crippen molar-refractivity contribution in [2.24, 2.45) is 0 Å². The summed E-state index contributed by atoms with van der Waals surface area (Å²) in [6, 6.07) is 6.62. The number of sulfone groups is 1. The van der Waals surface area contributed by atoms with Gasteiger partial charge in [-0.3, -0.25) is 9.80 Å². The van der Waals surface area contributed by atoms with Gasteiger partial charge in [0.15, 0.2) is 9.84 Å². The van der Waals surface area contributed by atoms with Crippen molar-refractivity contribution >= 4 is 33.4 Å². The largest absolute Gasteiger partial charge is 0.344 e. The maximum absolute atomic E-state index is 12.6. The Balaban J connectivity index is 1.21. The molecule has 2 aliphatic heterocycles. The molecule has 32 heavy (non-hydrogen) atoms. The van der Waals surface area contributed by atoms with Crippen LogP contribution in [0.25, 0.3) is 0 Å². The number of benzene rings is 1. The maximum Gasteiger partial charge on any atom is 0.344 e. The fourth-order valence-corrected chi connectivity index (χ4v) is 5.67. The number of halogens is 1. The van der Waals surface area contributed by atoms with Crippen LogP contribution in [0.3, 0.4) is 0 Å². The summed E-state index contributed by atoms with van der Waals surface area (Å²) in [5.41, 5.74) is 1.55. The first-order valence-corrected chi connectivity index (χ1v) is 12.8. The molecule has 0 saturated carbocycles. The number of piperazine rings is 1. The molecule has 1 aromatic heterocycles. The van der Waals surface area contributed by atoms with Gasteiger partial charge in [-0.2, -0.15) is 0 Å². The molecule has 2 aliphatic rings. The number of hydrogen-bond donors (Lipinski definition) is 0. The highest BCUT2D eigenvalue weighted by molar-refractivity contribution is 7.90. The third-order valence-electron chi connectivity index (χ3n) is 5.83. The van der Waals surface area contributed by atoms with Gasteiger partial charge in [-0.1, -0.05) is 23.7 Å². The molecule has 0 bridgehead atoms. The van der Waals surface area contributed by atoms with Crippen LogP contribution in [-0.2, 0) is 26.9 Å². The quantitative estimate of drug-likeness (QED) is 0.603. The van der Waals surface area contributed by atoms with Crippen LogP contribution in [-0.4, -0.2) is 76.8 Å². The zero-order valence-corrected chi connectivity index (χ0v) is 19.5. The molecule has 0 N–H and O–H groups in total. The Hall–Kier alpha value is -2.43. The fraction of sp³-hybridized carbons (Fsp3) is 0.476. The zero-order chi connectivity index (χ0) is 22.9. The molecule has 0 spiro atoms. The molecular formula is C21H26ClN5O4S. The Kier molecular flexibility index (Phi) is 6.55. The van der Waals surface area contributed by atoms with Crippen molar-refractivity contribution < 1.29 is 18.0 Å². The van der Waals surface area contributed by atoms with E-state index in [4.69, 9.17) is 11.6 Å². The van der Waals surface area contributed by atoms with Crippen LogP contribution in [0.1, 0.15) is 29.9 Å². The fourth-order valence-electron chi connectivity index (χ4n) is 4.12. The van der Waals surface area contributed by atoms with Gasteiger partial charge in [0.1, 0.15) is 5.82 Å². The van der Waals surface area contributed by atoms with Crippen LogP contribution < -0.4 is 0 Å². The van der Waals surface area contributed by atoms with Gasteiger partial charge in [-0.15, -0.1) is 0 Å². The van der Waals surface area contributed by atoms with Gasteiger partial charge in [0.05, 0.1) is 29.9 Å². The van der Waals surface area contributed by atoms with Gasteiger partial charge in [0.2, 0.25) is 5.91 Å². The van der Waals surface area contributed by atoms with E-state index >= 15 is 0 Å². The van der Waals surface area contributed by atoms with E-state index in [1.54, 1.807) is 51.9 Å². The predicted molar refractivity (Wildman–Crippen MR) is 120 cm³/mol. The molecule has 9 nitrogen and oxygen atoms in total. The van der Waals surface area contributed by atoms with Gasteiger partial charge < -0.3 is 4.90 Å². The lowest BCUT2D eigenvalue weighted by atomic mass is 10.2. The predicted octanol–water partition coefficient (Wildman–Crippen LogP) is 2.08. The van der Waals surface area contributed by atoms with E-state index in [0.717, 1.165) is 5.69 Å². The van der Waals surface area contributed by atoms with E-state index < -0.39 is 9.84 Å². The minimum atomic E-state index is -3.30. The second kappa shape index (κ2) is 9.21. The van der Waals surface area contributed by atoms with Crippen LogP contribution in [0.4, 0.5) is 4.79 Å². The van der Waals surface area contributed by atoms with Gasteiger partial charge in [0.25, 0.3) is 0 Å². The molecule has 1 aromatic carbocycles. The third-order valence-corrected chi connectivity index (χ3v) is 7.77. The normalized spacial score (nSPS) is 17.1. The highest BCUT2D eigenvalue weighted by Crippen LogP contribution is 2.21. The molecule has 4 rings (SSSR count). The van der Waals surface area contributed by atoms with Gasteiger partial charge in [-0.25, -0.2) is 27.8 Å². The van der Waals surface area contributed by atoms with E-state index in [0.29, 0.717) is 55.6 Å². The van der Waals surface area contributed by atoms with E-state index in [9.17, 15) is 18.0 Å². The second-order valence-corrected chi connectivity index (χ2v) is 10.7. The summed E-state index contributed by atoms with van der Waals surface area (Å²) in [7, 11) is -3.30. The summed E-state index contributed by atoms with van der Waals surface area (Å²) in [6.45, 7) is 4.42. The first kappa shape index (κ1) is 22.8. The number of hydrazine groups is 1. The molecule has 2 amide bonds. The lowest BCUT2D eigenvalue weighted by molar-refractivity contribution is -0.135. The molecule has 2 aromatic rings. The number of imidazole rings is 1. The molecule has 1 saturated heterocycles. The van der Waals surface area contributed by atoms with Crippen LogP contribution in [0.15, 0.2) is 30.5 Å². The molecule has 11 heteroatoms. The lowest BCUT2D eigenvalue weighted by Gasteiger charge is -2.38. The number of fused-ring (bicyclic) bond motifs is 1. The average molecular weight is 480 g/mol. The van der Waals surface area contributed by atoms with E-state index in [1.165, 1.54) is 0 Å². The maximum atomic E-state index is 12.6. The lowest BCUT2D eigenvalue weighted by Crippen LogP contribution is -2.55. The topological polar surface area (TPSA) is 95.8 Å². The Morgan fingerprint density at radius 1 is 1.12 bits per heavy atom.